The van der Waals surface area contributed by atoms with Crippen molar-refractivity contribution in [3.8, 4) is 0 Å². The van der Waals surface area contributed by atoms with Crippen LogP contribution in [0, 0.1) is 0 Å². The molecule has 0 aliphatic carbocycles. The highest BCUT2D eigenvalue weighted by Crippen LogP contribution is 2.25. The van der Waals surface area contributed by atoms with Crippen LogP contribution in [-0.4, -0.2) is 16.7 Å². The van der Waals surface area contributed by atoms with Crippen LogP contribution in [0.15, 0.2) is 43.0 Å². The molecule has 0 amide bonds. The van der Waals surface area contributed by atoms with Gasteiger partial charge in [0.2, 0.25) is 0 Å². The maximum Gasteiger partial charge on any atom is 0.0948 e. The summed E-state index contributed by atoms with van der Waals surface area (Å²) in [5.41, 5.74) is 4.55. The number of benzene rings is 1. The third kappa shape index (κ3) is 3.73. The maximum absolute atomic E-state index is 6.01. The lowest BCUT2D eigenvalue weighted by atomic mass is 10.1. The van der Waals surface area contributed by atoms with E-state index in [-0.39, 0.29) is 0 Å². The molecule has 1 aromatic heterocycles. The van der Waals surface area contributed by atoms with E-state index in [9.17, 15) is 0 Å². The lowest BCUT2D eigenvalue weighted by molar-refractivity contribution is 0.136. The van der Waals surface area contributed by atoms with Crippen molar-refractivity contribution in [3.05, 3.63) is 58.6 Å². The fourth-order valence-corrected chi connectivity index (χ4v) is 1.88. The molecule has 0 saturated heterocycles. The first kappa shape index (κ1) is 13.9. The zero-order valence-corrected chi connectivity index (χ0v) is 11.8. The predicted molar refractivity (Wildman–Crippen MR) is 76.8 cm³/mol. The fourth-order valence-electron chi connectivity index (χ4n) is 1.58. The Labute approximate surface area is 121 Å². The minimum atomic E-state index is 0.505. The summed E-state index contributed by atoms with van der Waals surface area (Å²) in [5, 5.41) is 1.03. The quantitative estimate of drug-likeness (QED) is 0.860. The molecule has 1 N–H and O–H groups in total. The first-order chi connectivity index (χ1) is 9.20. The second kappa shape index (κ2) is 6.61. The highest BCUT2D eigenvalue weighted by Gasteiger charge is 2.04. The van der Waals surface area contributed by atoms with Crippen LogP contribution in [0.1, 0.15) is 5.56 Å². The summed E-state index contributed by atoms with van der Waals surface area (Å²) in [5.74, 6) is 0. The Morgan fingerprint density at radius 3 is 2.89 bits per heavy atom. The minimum Gasteiger partial charge on any atom is -0.334 e. The van der Waals surface area contributed by atoms with Gasteiger partial charge in [-0.1, -0.05) is 29.3 Å². The Morgan fingerprint density at radius 1 is 1.42 bits per heavy atom. The average Bonchev–Trinajstić information content (AvgIpc) is 2.91. The molecule has 4 nitrogen and oxygen atoms in total. The summed E-state index contributed by atoms with van der Waals surface area (Å²) in [6, 6.07) is 5.41. The number of aromatic nitrogens is 2. The predicted octanol–water partition coefficient (Wildman–Crippen LogP) is 3.38. The number of hydroxylamine groups is 1. The summed E-state index contributed by atoms with van der Waals surface area (Å²) < 4.78 is 1.94. The first-order valence-electron chi connectivity index (χ1n) is 5.61. The van der Waals surface area contributed by atoms with Gasteiger partial charge in [-0.25, -0.2) is 4.98 Å². The molecule has 0 saturated carbocycles. The van der Waals surface area contributed by atoms with Crippen LogP contribution in [0.5, 0.6) is 0 Å². The van der Waals surface area contributed by atoms with Crippen LogP contribution in [0.2, 0.25) is 10.0 Å². The summed E-state index contributed by atoms with van der Waals surface area (Å²) in [7, 11) is 1.56. The van der Waals surface area contributed by atoms with Gasteiger partial charge in [-0.3, -0.25) is 10.3 Å². The Balaban J connectivity index is 2.23. The zero-order chi connectivity index (χ0) is 13.7. The maximum atomic E-state index is 6.01. The van der Waals surface area contributed by atoms with Crippen molar-refractivity contribution in [2.75, 3.05) is 7.11 Å². The van der Waals surface area contributed by atoms with E-state index in [2.05, 4.69) is 10.5 Å². The summed E-state index contributed by atoms with van der Waals surface area (Å²) >= 11 is 11.9. The smallest absolute Gasteiger partial charge is 0.0948 e. The largest absolute Gasteiger partial charge is 0.334 e. The fraction of sp³-hybridized carbons (Fsp3) is 0.154. The Morgan fingerprint density at radius 2 is 2.26 bits per heavy atom. The van der Waals surface area contributed by atoms with Gasteiger partial charge in [0.1, 0.15) is 0 Å². The van der Waals surface area contributed by atoms with E-state index in [1.807, 2.05) is 22.9 Å². The van der Waals surface area contributed by atoms with Crippen LogP contribution >= 0.6 is 23.2 Å². The molecule has 6 heteroatoms. The number of hydrogen-bond acceptors (Lipinski definition) is 3. The zero-order valence-electron chi connectivity index (χ0n) is 10.3. The molecule has 0 aliphatic heterocycles. The number of imidazole rings is 1. The molecule has 0 aliphatic rings. The second-order valence-corrected chi connectivity index (χ2v) is 4.63. The topological polar surface area (TPSA) is 39.1 Å². The Hall–Kier alpha value is -1.49. The lowest BCUT2D eigenvalue weighted by Crippen LogP contribution is -2.11. The van der Waals surface area contributed by atoms with E-state index >= 15 is 0 Å². The number of allylic oxidation sites excluding steroid dienone is 1. The van der Waals surface area contributed by atoms with Crippen molar-refractivity contribution < 1.29 is 4.84 Å². The van der Waals surface area contributed by atoms with Crippen LogP contribution in [0.25, 0.3) is 5.70 Å². The highest BCUT2D eigenvalue weighted by atomic mass is 35.5. The van der Waals surface area contributed by atoms with Crippen molar-refractivity contribution in [2.24, 2.45) is 0 Å². The van der Waals surface area contributed by atoms with Gasteiger partial charge in [0.05, 0.1) is 29.2 Å². The molecule has 0 fully saturated rings. The first-order valence-corrected chi connectivity index (χ1v) is 6.36. The number of nitrogens with zero attached hydrogens (tertiary/aromatic N) is 2. The van der Waals surface area contributed by atoms with E-state index in [1.165, 1.54) is 0 Å². The van der Waals surface area contributed by atoms with Gasteiger partial charge in [0, 0.05) is 24.5 Å². The number of nitrogens with one attached hydrogen (secondary N) is 1. The van der Waals surface area contributed by atoms with Gasteiger partial charge in [0.25, 0.3) is 0 Å². The third-order valence-electron chi connectivity index (χ3n) is 2.51. The normalized spacial score (nSPS) is 11.6. The molecule has 2 aromatic rings. The van der Waals surface area contributed by atoms with E-state index in [4.69, 9.17) is 28.0 Å². The third-order valence-corrected chi connectivity index (χ3v) is 3.25. The van der Waals surface area contributed by atoms with Gasteiger partial charge in [0.15, 0.2) is 0 Å². The molecular weight excluding hydrogens is 285 g/mol. The van der Waals surface area contributed by atoms with Gasteiger partial charge in [-0.2, -0.15) is 0 Å². The molecule has 0 bridgehead atoms. The van der Waals surface area contributed by atoms with Crippen LogP contribution < -0.4 is 5.48 Å². The summed E-state index contributed by atoms with van der Waals surface area (Å²) in [6.45, 7) is 0.673. The number of hydrogen-bond donors (Lipinski definition) is 1. The van der Waals surface area contributed by atoms with Crippen molar-refractivity contribution in [1.82, 2.24) is 15.0 Å². The van der Waals surface area contributed by atoms with Crippen LogP contribution in [0.4, 0.5) is 0 Å². The van der Waals surface area contributed by atoms with E-state index in [0.29, 0.717) is 16.6 Å². The number of rotatable bonds is 5. The van der Waals surface area contributed by atoms with E-state index in [1.54, 1.807) is 31.8 Å². The van der Waals surface area contributed by atoms with Crippen molar-refractivity contribution >= 4 is 28.9 Å². The van der Waals surface area contributed by atoms with Crippen molar-refractivity contribution in [1.29, 1.82) is 0 Å². The van der Waals surface area contributed by atoms with Crippen LogP contribution in [0.3, 0.4) is 0 Å². The van der Waals surface area contributed by atoms with Crippen molar-refractivity contribution in [3.63, 3.8) is 0 Å². The van der Waals surface area contributed by atoms with Gasteiger partial charge >= 0.3 is 0 Å². The Bertz CT molecular complexity index is 567. The SMILES string of the molecule is CON/C(=C\Cn1ccnc1)c1ccc(Cl)c(Cl)c1. The Kier molecular flexibility index (Phi) is 4.85. The molecule has 0 unspecified atom stereocenters. The van der Waals surface area contributed by atoms with Gasteiger partial charge < -0.3 is 4.57 Å². The standard InChI is InChI=1S/C13H13Cl2N3O/c1-19-17-13(4-6-18-7-5-16-9-18)10-2-3-11(14)12(15)8-10/h2-5,7-9,17H,6H2,1H3/b13-4-. The second-order valence-electron chi connectivity index (χ2n) is 3.81. The average molecular weight is 298 g/mol. The molecule has 0 spiro atoms. The van der Waals surface area contributed by atoms with E-state index in [0.717, 1.165) is 11.3 Å². The molecule has 1 heterocycles. The van der Waals surface area contributed by atoms with Gasteiger partial charge in [-0.15, -0.1) is 0 Å². The molecule has 100 valence electrons. The lowest BCUT2D eigenvalue weighted by Gasteiger charge is -2.10. The van der Waals surface area contributed by atoms with Crippen LogP contribution in [-0.2, 0) is 11.4 Å². The van der Waals surface area contributed by atoms with Crippen molar-refractivity contribution in [2.45, 2.75) is 6.54 Å². The molecule has 0 radical (unpaired) electrons. The number of halogens is 2. The summed E-state index contributed by atoms with van der Waals surface area (Å²) in [6.07, 6.45) is 7.34. The van der Waals surface area contributed by atoms with Gasteiger partial charge in [-0.05, 0) is 18.2 Å². The minimum absolute atomic E-state index is 0.505. The molecule has 19 heavy (non-hydrogen) atoms. The molecular formula is C13H13Cl2N3O. The molecule has 1 aromatic carbocycles. The monoisotopic (exact) mass is 297 g/mol. The van der Waals surface area contributed by atoms with E-state index < -0.39 is 0 Å². The molecule has 0 atom stereocenters. The highest BCUT2D eigenvalue weighted by molar-refractivity contribution is 6.42. The molecule has 2 rings (SSSR count). The summed E-state index contributed by atoms with van der Waals surface area (Å²) in [4.78, 5) is 8.97.